The van der Waals surface area contributed by atoms with Crippen molar-refractivity contribution < 1.29 is 0 Å². The minimum atomic E-state index is 0.951. The predicted molar refractivity (Wildman–Crippen MR) is 53.0 cm³/mol. The lowest BCUT2D eigenvalue weighted by Gasteiger charge is -2.38. The second kappa shape index (κ2) is 3.24. The first-order valence-corrected chi connectivity index (χ1v) is 5.48. The van der Waals surface area contributed by atoms with Gasteiger partial charge in [0, 0.05) is 0 Å². The van der Waals surface area contributed by atoms with Crippen LogP contribution in [0, 0.1) is 17.8 Å². The molecule has 0 saturated heterocycles. The normalized spacial score (nSPS) is 41.8. The first-order valence-electron chi connectivity index (χ1n) is 5.48. The third-order valence-corrected chi connectivity index (χ3v) is 3.81. The SMILES string of the molecule is CC1CCC=C2CCCC(C)C21. The molecule has 0 amide bonds. The van der Waals surface area contributed by atoms with Gasteiger partial charge >= 0.3 is 0 Å². The van der Waals surface area contributed by atoms with Crippen LogP contribution in [0.25, 0.3) is 0 Å². The summed E-state index contributed by atoms with van der Waals surface area (Å²) in [6.07, 6.45) is 9.61. The van der Waals surface area contributed by atoms with Gasteiger partial charge in [-0.25, -0.2) is 0 Å². The maximum Gasteiger partial charge on any atom is -0.0152 e. The average molecular weight is 164 g/mol. The minimum absolute atomic E-state index is 0.951. The van der Waals surface area contributed by atoms with E-state index in [0.29, 0.717) is 0 Å². The van der Waals surface area contributed by atoms with Gasteiger partial charge in [-0.2, -0.15) is 0 Å². The van der Waals surface area contributed by atoms with Crippen molar-refractivity contribution in [2.24, 2.45) is 17.8 Å². The molecule has 0 heterocycles. The van der Waals surface area contributed by atoms with Crippen LogP contribution in [-0.4, -0.2) is 0 Å². The summed E-state index contributed by atoms with van der Waals surface area (Å²) in [6.45, 7) is 4.89. The van der Waals surface area contributed by atoms with E-state index in [9.17, 15) is 0 Å². The number of hydrogen-bond donors (Lipinski definition) is 0. The van der Waals surface area contributed by atoms with Crippen molar-refractivity contribution in [3.8, 4) is 0 Å². The standard InChI is InChI=1S/C12H20/c1-9-5-3-7-11-8-4-6-10(2)12(9)11/h7,9-10,12H,3-6,8H2,1-2H3. The largest absolute Gasteiger partial charge is 0.0850 e. The Bertz CT molecular complexity index is 190. The highest BCUT2D eigenvalue weighted by molar-refractivity contribution is 5.14. The number of rotatable bonds is 0. The lowest BCUT2D eigenvalue weighted by Crippen LogP contribution is -2.27. The van der Waals surface area contributed by atoms with E-state index in [-0.39, 0.29) is 0 Å². The van der Waals surface area contributed by atoms with E-state index in [1.165, 1.54) is 32.1 Å². The Balaban J connectivity index is 2.19. The molecular weight excluding hydrogens is 144 g/mol. The van der Waals surface area contributed by atoms with E-state index in [1.807, 2.05) is 0 Å². The fourth-order valence-corrected chi connectivity index (χ4v) is 3.22. The molecule has 2 aliphatic carbocycles. The van der Waals surface area contributed by atoms with Crippen molar-refractivity contribution >= 4 is 0 Å². The molecule has 0 N–H and O–H groups in total. The fourth-order valence-electron chi connectivity index (χ4n) is 3.22. The Morgan fingerprint density at radius 2 is 1.92 bits per heavy atom. The second-order valence-electron chi connectivity index (χ2n) is 4.73. The summed E-state index contributed by atoms with van der Waals surface area (Å²) in [5.41, 5.74) is 1.80. The quantitative estimate of drug-likeness (QED) is 0.478. The van der Waals surface area contributed by atoms with Crippen molar-refractivity contribution in [2.45, 2.75) is 46.0 Å². The van der Waals surface area contributed by atoms with Gasteiger partial charge in [0.2, 0.25) is 0 Å². The fraction of sp³-hybridized carbons (Fsp3) is 0.833. The molecule has 0 aromatic carbocycles. The van der Waals surface area contributed by atoms with Crippen LogP contribution in [0.4, 0.5) is 0 Å². The number of fused-ring (bicyclic) bond motifs is 1. The number of allylic oxidation sites excluding steroid dienone is 2. The van der Waals surface area contributed by atoms with Gasteiger partial charge in [0.15, 0.2) is 0 Å². The molecule has 68 valence electrons. The van der Waals surface area contributed by atoms with Crippen molar-refractivity contribution in [3.05, 3.63) is 11.6 Å². The highest BCUT2D eigenvalue weighted by Gasteiger charge is 2.31. The summed E-state index contributed by atoms with van der Waals surface area (Å²) in [7, 11) is 0. The molecule has 2 aliphatic rings. The van der Waals surface area contributed by atoms with Gasteiger partial charge in [0.05, 0.1) is 0 Å². The van der Waals surface area contributed by atoms with E-state index < -0.39 is 0 Å². The molecule has 1 fully saturated rings. The minimum Gasteiger partial charge on any atom is -0.0850 e. The predicted octanol–water partition coefficient (Wildman–Crippen LogP) is 3.78. The molecule has 2 rings (SSSR count). The van der Waals surface area contributed by atoms with Gasteiger partial charge in [-0.1, -0.05) is 25.5 Å². The molecule has 0 aliphatic heterocycles. The van der Waals surface area contributed by atoms with Gasteiger partial charge in [0.1, 0.15) is 0 Å². The molecule has 0 radical (unpaired) electrons. The Labute approximate surface area is 76.1 Å². The Morgan fingerprint density at radius 1 is 1.17 bits per heavy atom. The molecule has 0 spiro atoms. The average Bonchev–Trinajstić information content (AvgIpc) is 2.04. The van der Waals surface area contributed by atoms with E-state index in [4.69, 9.17) is 0 Å². The van der Waals surface area contributed by atoms with Crippen molar-refractivity contribution in [2.75, 3.05) is 0 Å². The van der Waals surface area contributed by atoms with Gasteiger partial charge < -0.3 is 0 Å². The van der Waals surface area contributed by atoms with Gasteiger partial charge in [0.25, 0.3) is 0 Å². The Hall–Kier alpha value is -0.260. The number of hydrogen-bond acceptors (Lipinski definition) is 0. The lowest BCUT2D eigenvalue weighted by molar-refractivity contribution is 0.226. The van der Waals surface area contributed by atoms with Crippen LogP contribution in [0.3, 0.4) is 0 Å². The highest BCUT2D eigenvalue weighted by Crippen LogP contribution is 2.43. The molecule has 0 aromatic rings. The summed E-state index contributed by atoms with van der Waals surface area (Å²) in [6, 6.07) is 0. The van der Waals surface area contributed by atoms with E-state index in [0.717, 1.165) is 17.8 Å². The van der Waals surface area contributed by atoms with Crippen LogP contribution in [0.1, 0.15) is 46.0 Å². The molecule has 0 bridgehead atoms. The van der Waals surface area contributed by atoms with Crippen LogP contribution in [0.2, 0.25) is 0 Å². The molecular formula is C12H20. The van der Waals surface area contributed by atoms with Crippen LogP contribution in [-0.2, 0) is 0 Å². The first kappa shape index (κ1) is 8.34. The van der Waals surface area contributed by atoms with Crippen LogP contribution in [0.5, 0.6) is 0 Å². The zero-order chi connectivity index (χ0) is 8.55. The van der Waals surface area contributed by atoms with Crippen LogP contribution < -0.4 is 0 Å². The third kappa shape index (κ3) is 1.32. The molecule has 0 heteroatoms. The summed E-state index contributed by atoms with van der Waals surface area (Å²) < 4.78 is 0. The Kier molecular flexibility index (Phi) is 2.25. The van der Waals surface area contributed by atoms with Crippen LogP contribution >= 0.6 is 0 Å². The first-order chi connectivity index (χ1) is 5.79. The van der Waals surface area contributed by atoms with Crippen molar-refractivity contribution in [3.63, 3.8) is 0 Å². The van der Waals surface area contributed by atoms with Gasteiger partial charge in [-0.3, -0.25) is 0 Å². The van der Waals surface area contributed by atoms with E-state index in [1.54, 1.807) is 5.57 Å². The molecule has 3 unspecified atom stereocenters. The summed E-state index contributed by atoms with van der Waals surface area (Å²) in [5, 5.41) is 0. The molecule has 3 atom stereocenters. The summed E-state index contributed by atoms with van der Waals surface area (Å²) in [5.74, 6) is 2.87. The highest BCUT2D eigenvalue weighted by atomic mass is 14.4. The second-order valence-corrected chi connectivity index (χ2v) is 4.73. The van der Waals surface area contributed by atoms with Crippen molar-refractivity contribution in [1.29, 1.82) is 0 Å². The van der Waals surface area contributed by atoms with E-state index >= 15 is 0 Å². The zero-order valence-corrected chi connectivity index (χ0v) is 8.34. The van der Waals surface area contributed by atoms with Gasteiger partial charge in [-0.05, 0) is 49.9 Å². The monoisotopic (exact) mass is 164 g/mol. The Morgan fingerprint density at radius 3 is 2.67 bits per heavy atom. The maximum absolute atomic E-state index is 2.53. The maximum atomic E-state index is 2.53. The molecule has 1 saturated carbocycles. The lowest BCUT2D eigenvalue weighted by atomic mass is 9.67. The topological polar surface area (TPSA) is 0 Å². The van der Waals surface area contributed by atoms with Crippen LogP contribution in [0.15, 0.2) is 11.6 Å². The van der Waals surface area contributed by atoms with Gasteiger partial charge in [-0.15, -0.1) is 0 Å². The smallest absolute Gasteiger partial charge is 0.0152 e. The van der Waals surface area contributed by atoms with E-state index in [2.05, 4.69) is 19.9 Å². The zero-order valence-electron chi connectivity index (χ0n) is 8.34. The van der Waals surface area contributed by atoms with Crippen molar-refractivity contribution in [1.82, 2.24) is 0 Å². The molecule has 12 heavy (non-hydrogen) atoms. The third-order valence-electron chi connectivity index (χ3n) is 3.81. The molecule has 0 nitrogen and oxygen atoms in total. The summed E-state index contributed by atoms with van der Waals surface area (Å²) in [4.78, 5) is 0. The summed E-state index contributed by atoms with van der Waals surface area (Å²) >= 11 is 0. The molecule has 0 aromatic heterocycles.